The maximum absolute atomic E-state index is 13.7. The Kier molecular flexibility index (Phi) is 7.33. The normalized spacial score (nSPS) is 16.6. The van der Waals surface area contributed by atoms with E-state index >= 15 is 0 Å². The van der Waals surface area contributed by atoms with Gasteiger partial charge < -0.3 is 21.7 Å². The SMILES string of the molecule is Cc1cc(Nc2nccn3c(-c4cn(CC#N)nc4C(F)(F)F)cnc23)ccc1C(=O)NCC(=O)NC1CC(N)C1. The van der Waals surface area contributed by atoms with Crippen LogP contribution < -0.4 is 21.7 Å². The molecule has 0 spiro atoms. The number of nitriles is 1. The Morgan fingerprint density at radius 2 is 2.02 bits per heavy atom. The minimum absolute atomic E-state index is 0.0404. The fourth-order valence-corrected chi connectivity index (χ4v) is 4.63. The molecule has 5 N–H and O–H groups in total. The third-order valence-electron chi connectivity index (χ3n) is 6.65. The quantitative estimate of drug-likeness (QED) is 0.252. The van der Waals surface area contributed by atoms with E-state index in [9.17, 15) is 22.8 Å². The summed E-state index contributed by atoms with van der Waals surface area (Å²) in [5.74, 6) is -0.435. The van der Waals surface area contributed by atoms with Gasteiger partial charge in [0.15, 0.2) is 17.2 Å². The zero-order chi connectivity index (χ0) is 29.3. The molecule has 1 saturated carbocycles. The number of benzene rings is 1. The number of aromatic nitrogens is 5. The van der Waals surface area contributed by atoms with Crippen molar-refractivity contribution in [3.63, 3.8) is 0 Å². The number of alkyl halides is 3. The lowest BCUT2D eigenvalue weighted by molar-refractivity contribution is -0.141. The minimum atomic E-state index is -4.74. The zero-order valence-corrected chi connectivity index (χ0v) is 21.7. The molecule has 15 heteroatoms. The van der Waals surface area contributed by atoms with Crippen LogP contribution in [0.1, 0.15) is 34.5 Å². The Labute approximate surface area is 231 Å². The molecule has 0 saturated heterocycles. The number of hydrogen-bond acceptors (Lipinski definition) is 8. The topological polar surface area (TPSA) is 168 Å². The van der Waals surface area contributed by atoms with Crippen LogP contribution >= 0.6 is 0 Å². The summed E-state index contributed by atoms with van der Waals surface area (Å²) in [5.41, 5.74) is 6.28. The number of hydrogen-bond donors (Lipinski definition) is 4. The number of carbonyl (C=O) groups excluding carboxylic acids is 2. The number of aryl methyl sites for hydroxylation is 1. The standard InChI is InChI=1S/C26H25F3N10O2/c1-14-8-16(2-3-18(14)25(41)34-12-21(40)35-17-9-15(31)10-17)36-23-24-33-11-20(39(24)7-5-32-23)19-13-38(6-4-30)37-22(19)26(27,28)29/h2-3,5,7-8,11,13,15,17H,6,9-10,12,31H2,1H3,(H,32,36)(H,34,41)(H,35,40). The number of nitrogens with zero attached hydrogens (tertiary/aromatic N) is 6. The molecule has 0 bridgehead atoms. The van der Waals surface area contributed by atoms with E-state index in [0.29, 0.717) is 16.8 Å². The number of imidazole rings is 1. The van der Waals surface area contributed by atoms with Gasteiger partial charge in [-0.2, -0.15) is 23.5 Å². The molecule has 1 aliphatic carbocycles. The smallest absolute Gasteiger partial charge is 0.352 e. The lowest BCUT2D eigenvalue weighted by Gasteiger charge is -2.32. The first-order chi connectivity index (χ1) is 19.5. The van der Waals surface area contributed by atoms with Crippen LogP contribution in [0.25, 0.3) is 16.9 Å². The second-order valence-corrected chi connectivity index (χ2v) is 9.69. The number of nitrogens with two attached hydrogens (primary N) is 1. The highest BCUT2D eigenvalue weighted by molar-refractivity contribution is 5.98. The molecule has 3 heterocycles. The van der Waals surface area contributed by atoms with Gasteiger partial charge >= 0.3 is 6.18 Å². The van der Waals surface area contributed by atoms with Gasteiger partial charge in [-0.05, 0) is 43.5 Å². The third kappa shape index (κ3) is 5.82. The highest BCUT2D eigenvalue weighted by Crippen LogP contribution is 2.37. The van der Waals surface area contributed by atoms with Crippen molar-refractivity contribution >= 4 is 29.0 Å². The molecule has 2 amide bonds. The van der Waals surface area contributed by atoms with E-state index in [1.165, 1.54) is 23.0 Å². The van der Waals surface area contributed by atoms with Crippen LogP contribution in [-0.2, 0) is 17.5 Å². The van der Waals surface area contributed by atoms with Gasteiger partial charge in [-0.1, -0.05) is 0 Å². The van der Waals surface area contributed by atoms with Gasteiger partial charge in [-0.25, -0.2) is 9.97 Å². The van der Waals surface area contributed by atoms with Gasteiger partial charge in [0.2, 0.25) is 5.91 Å². The van der Waals surface area contributed by atoms with Crippen molar-refractivity contribution in [2.75, 3.05) is 11.9 Å². The van der Waals surface area contributed by atoms with Crippen molar-refractivity contribution < 1.29 is 22.8 Å². The predicted molar refractivity (Wildman–Crippen MR) is 141 cm³/mol. The second kappa shape index (κ2) is 10.9. The molecule has 1 aliphatic rings. The molecule has 0 radical (unpaired) electrons. The lowest BCUT2D eigenvalue weighted by Crippen LogP contribution is -2.52. The van der Waals surface area contributed by atoms with Crippen LogP contribution in [0.4, 0.5) is 24.7 Å². The van der Waals surface area contributed by atoms with Crippen LogP contribution in [0.15, 0.2) is 43.0 Å². The van der Waals surface area contributed by atoms with Crippen LogP contribution in [0.2, 0.25) is 0 Å². The summed E-state index contributed by atoms with van der Waals surface area (Å²) < 4.78 is 43.4. The molecule has 3 aromatic heterocycles. The number of halogens is 3. The Morgan fingerprint density at radius 3 is 2.71 bits per heavy atom. The molecule has 1 fully saturated rings. The predicted octanol–water partition coefficient (Wildman–Crippen LogP) is 2.52. The van der Waals surface area contributed by atoms with Gasteiger partial charge in [0.05, 0.1) is 30.1 Å². The first-order valence-electron chi connectivity index (χ1n) is 12.6. The second-order valence-electron chi connectivity index (χ2n) is 9.69. The summed E-state index contributed by atoms with van der Waals surface area (Å²) in [6.07, 6.45) is 2.01. The van der Waals surface area contributed by atoms with Crippen molar-refractivity contribution in [1.29, 1.82) is 5.26 Å². The summed E-state index contributed by atoms with van der Waals surface area (Å²) in [5, 5.41) is 20.9. The Morgan fingerprint density at radius 1 is 1.24 bits per heavy atom. The van der Waals surface area contributed by atoms with E-state index in [0.717, 1.165) is 23.7 Å². The third-order valence-corrected chi connectivity index (χ3v) is 6.65. The van der Waals surface area contributed by atoms with Crippen LogP contribution in [0, 0.1) is 18.3 Å². The van der Waals surface area contributed by atoms with Crippen molar-refractivity contribution in [1.82, 2.24) is 34.8 Å². The van der Waals surface area contributed by atoms with Gasteiger partial charge in [-0.15, -0.1) is 0 Å². The molecule has 0 atom stereocenters. The van der Waals surface area contributed by atoms with E-state index < -0.39 is 17.8 Å². The number of anilines is 2. The highest BCUT2D eigenvalue weighted by Gasteiger charge is 2.38. The number of fused-ring (bicyclic) bond motifs is 1. The van der Waals surface area contributed by atoms with Crippen molar-refractivity contribution in [3.8, 4) is 17.3 Å². The molecule has 41 heavy (non-hydrogen) atoms. The van der Waals surface area contributed by atoms with E-state index in [1.807, 2.05) is 0 Å². The van der Waals surface area contributed by atoms with E-state index in [-0.39, 0.29) is 53.8 Å². The molecule has 4 aromatic rings. The van der Waals surface area contributed by atoms with Gasteiger partial charge in [-0.3, -0.25) is 18.7 Å². The first kappa shape index (κ1) is 27.6. The van der Waals surface area contributed by atoms with E-state index in [2.05, 4.69) is 31.0 Å². The largest absolute Gasteiger partial charge is 0.435 e. The minimum Gasteiger partial charge on any atom is -0.352 e. The Hall–Kier alpha value is -4.97. The summed E-state index contributed by atoms with van der Waals surface area (Å²) in [6, 6.07) is 6.85. The zero-order valence-electron chi connectivity index (χ0n) is 21.7. The molecule has 0 aliphatic heterocycles. The summed E-state index contributed by atoms with van der Waals surface area (Å²) in [6.45, 7) is 1.23. The summed E-state index contributed by atoms with van der Waals surface area (Å²) in [7, 11) is 0. The summed E-state index contributed by atoms with van der Waals surface area (Å²) >= 11 is 0. The molecule has 1 aromatic carbocycles. The number of nitrogens with one attached hydrogen (secondary N) is 3. The van der Waals surface area contributed by atoms with Crippen LogP contribution in [-0.4, -0.2) is 54.6 Å². The van der Waals surface area contributed by atoms with Crippen molar-refractivity contribution in [2.45, 2.75) is 44.6 Å². The monoisotopic (exact) mass is 566 g/mol. The Bertz CT molecular complexity index is 1660. The van der Waals surface area contributed by atoms with Crippen molar-refractivity contribution in [2.24, 2.45) is 5.73 Å². The maximum Gasteiger partial charge on any atom is 0.435 e. The number of amides is 2. The van der Waals surface area contributed by atoms with Gasteiger partial charge in [0, 0.05) is 41.9 Å². The average molecular weight is 567 g/mol. The van der Waals surface area contributed by atoms with Crippen molar-refractivity contribution in [3.05, 3.63) is 59.8 Å². The molecular weight excluding hydrogens is 541 g/mol. The molecular formula is C26H25F3N10O2. The Balaban J connectivity index is 1.32. The van der Waals surface area contributed by atoms with E-state index in [1.54, 1.807) is 31.2 Å². The molecule has 5 rings (SSSR count). The fourth-order valence-electron chi connectivity index (χ4n) is 4.63. The average Bonchev–Trinajstić information content (AvgIpc) is 3.52. The molecule has 0 unspecified atom stereocenters. The van der Waals surface area contributed by atoms with Crippen LogP contribution in [0.5, 0.6) is 0 Å². The summed E-state index contributed by atoms with van der Waals surface area (Å²) in [4.78, 5) is 33.3. The first-order valence-corrected chi connectivity index (χ1v) is 12.6. The number of rotatable bonds is 8. The van der Waals surface area contributed by atoms with Crippen LogP contribution in [0.3, 0.4) is 0 Å². The lowest BCUT2D eigenvalue weighted by atomic mass is 9.88. The highest BCUT2D eigenvalue weighted by atomic mass is 19.4. The van der Waals surface area contributed by atoms with E-state index in [4.69, 9.17) is 11.0 Å². The molecule has 12 nitrogen and oxygen atoms in total. The van der Waals surface area contributed by atoms with Gasteiger partial charge in [0.25, 0.3) is 5.91 Å². The number of carbonyl (C=O) groups is 2. The maximum atomic E-state index is 13.7. The fraction of sp³-hybridized carbons (Fsp3) is 0.308. The van der Waals surface area contributed by atoms with Gasteiger partial charge in [0.1, 0.15) is 6.54 Å². The molecule has 212 valence electrons.